The SMILES string of the molecule is Cc1c(NC(=O)c2ccc(C(=O)O)cc2)nnn1Cc1ccc(Cl)c(Cl)c1. The van der Waals surface area contributed by atoms with Crippen LogP contribution in [0.15, 0.2) is 42.5 Å². The van der Waals surface area contributed by atoms with Crippen LogP contribution in [0.1, 0.15) is 32.0 Å². The Hall–Kier alpha value is -2.90. The minimum Gasteiger partial charge on any atom is -0.478 e. The van der Waals surface area contributed by atoms with Gasteiger partial charge in [0, 0.05) is 5.56 Å². The molecule has 0 fully saturated rings. The minimum absolute atomic E-state index is 0.107. The number of rotatable bonds is 5. The molecular weight excluding hydrogens is 391 g/mol. The van der Waals surface area contributed by atoms with E-state index in [9.17, 15) is 9.59 Å². The molecule has 1 amide bonds. The average molecular weight is 405 g/mol. The molecule has 0 saturated carbocycles. The van der Waals surface area contributed by atoms with Gasteiger partial charge in [0.25, 0.3) is 5.91 Å². The quantitative estimate of drug-likeness (QED) is 0.671. The fourth-order valence-corrected chi connectivity index (χ4v) is 2.70. The molecule has 0 aliphatic rings. The first-order valence-corrected chi connectivity index (χ1v) is 8.59. The van der Waals surface area contributed by atoms with Crippen molar-refractivity contribution < 1.29 is 14.7 Å². The molecule has 2 aromatic carbocycles. The molecule has 138 valence electrons. The van der Waals surface area contributed by atoms with Gasteiger partial charge in [0.2, 0.25) is 0 Å². The molecule has 27 heavy (non-hydrogen) atoms. The molecule has 1 heterocycles. The van der Waals surface area contributed by atoms with Crippen LogP contribution in [-0.4, -0.2) is 32.0 Å². The van der Waals surface area contributed by atoms with Gasteiger partial charge in [-0.1, -0.05) is 34.5 Å². The number of nitrogens with one attached hydrogen (secondary N) is 1. The number of anilines is 1. The Kier molecular flexibility index (Phi) is 5.43. The summed E-state index contributed by atoms with van der Waals surface area (Å²) < 4.78 is 1.63. The van der Waals surface area contributed by atoms with E-state index >= 15 is 0 Å². The Balaban J connectivity index is 1.73. The van der Waals surface area contributed by atoms with Crippen LogP contribution in [0.3, 0.4) is 0 Å². The number of aromatic nitrogens is 3. The summed E-state index contributed by atoms with van der Waals surface area (Å²) in [6.45, 7) is 2.19. The van der Waals surface area contributed by atoms with E-state index in [1.165, 1.54) is 24.3 Å². The molecule has 0 radical (unpaired) electrons. The van der Waals surface area contributed by atoms with Crippen LogP contribution in [0.2, 0.25) is 10.0 Å². The summed E-state index contributed by atoms with van der Waals surface area (Å²) in [5, 5.41) is 20.5. The fraction of sp³-hybridized carbons (Fsp3) is 0.111. The second-order valence-corrected chi connectivity index (χ2v) is 6.58. The van der Waals surface area contributed by atoms with Gasteiger partial charge in [-0.3, -0.25) is 4.79 Å². The Bertz CT molecular complexity index is 1020. The Morgan fingerprint density at radius 3 is 2.37 bits per heavy atom. The van der Waals surface area contributed by atoms with Gasteiger partial charge in [0.05, 0.1) is 27.8 Å². The predicted octanol–water partition coefficient (Wildman–Crippen LogP) is 3.89. The van der Waals surface area contributed by atoms with Gasteiger partial charge < -0.3 is 10.4 Å². The van der Waals surface area contributed by atoms with Crippen molar-refractivity contribution in [3.8, 4) is 0 Å². The van der Waals surface area contributed by atoms with Crippen LogP contribution < -0.4 is 5.32 Å². The highest BCUT2D eigenvalue weighted by Gasteiger charge is 2.14. The number of carbonyl (C=O) groups excluding carboxylic acids is 1. The second-order valence-electron chi connectivity index (χ2n) is 5.77. The van der Waals surface area contributed by atoms with Crippen molar-refractivity contribution in [3.63, 3.8) is 0 Å². The van der Waals surface area contributed by atoms with Crippen LogP contribution in [0, 0.1) is 6.92 Å². The molecule has 1 aromatic heterocycles. The average Bonchev–Trinajstić information content (AvgIpc) is 2.98. The molecule has 3 aromatic rings. The standard InChI is InChI=1S/C18H14Cl2N4O3/c1-10-16(21-17(25)12-3-5-13(6-4-12)18(26)27)22-23-24(10)9-11-2-7-14(19)15(20)8-11/h2-8H,9H2,1H3,(H,21,25)(H,26,27). The number of hydrogen-bond donors (Lipinski definition) is 2. The highest BCUT2D eigenvalue weighted by atomic mass is 35.5. The highest BCUT2D eigenvalue weighted by molar-refractivity contribution is 6.42. The first-order chi connectivity index (χ1) is 12.8. The molecular formula is C18H14Cl2N4O3. The van der Waals surface area contributed by atoms with E-state index < -0.39 is 11.9 Å². The molecule has 0 saturated heterocycles. The zero-order chi connectivity index (χ0) is 19.6. The summed E-state index contributed by atoms with van der Waals surface area (Å²) in [6.07, 6.45) is 0. The number of hydrogen-bond acceptors (Lipinski definition) is 4. The highest BCUT2D eigenvalue weighted by Crippen LogP contribution is 2.23. The molecule has 0 aliphatic heterocycles. The van der Waals surface area contributed by atoms with Crippen molar-refractivity contribution in [2.75, 3.05) is 5.32 Å². The van der Waals surface area contributed by atoms with Crippen molar-refractivity contribution in [1.82, 2.24) is 15.0 Å². The molecule has 0 atom stereocenters. The van der Waals surface area contributed by atoms with Crippen molar-refractivity contribution in [3.05, 3.63) is 74.9 Å². The normalized spacial score (nSPS) is 10.6. The maximum Gasteiger partial charge on any atom is 0.335 e. The zero-order valence-corrected chi connectivity index (χ0v) is 15.6. The summed E-state index contributed by atoms with van der Waals surface area (Å²) in [4.78, 5) is 23.2. The number of amides is 1. The topological polar surface area (TPSA) is 97.1 Å². The Morgan fingerprint density at radius 2 is 1.74 bits per heavy atom. The van der Waals surface area contributed by atoms with Crippen LogP contribution in [0.25, 0.3) is 0 Å². The van der Waals surface area contributed by atoms with Gasteiger partial charge >= 0.3 is 5.97 Å². The van der Waals surface area contributed by atoms with E-state index in [0.29, 0.717) is 33.7 Å². The fourth-order valence-electron chi connectivity index (χ4n) is 2.38. The number of benzene rings is 2. The lowest BCUT2D eigenvalue weighted by molar-refractivity contribution is 0.0696. The number of carboxylic acids is 1. The first-order valence-electron chi connectivity index (χ1n) is 7.84. The summed E-state index contributed by atoms with van der Waals surface area (Å²) in [5.74, 6) is -1.14. The Labute approximate surface area is 164 Å². The van der Waals surface area contributed by atoms with Gasteiger partial charge in [-0.05, 0) is 48.9 Å². The molecule has 0 bridgehead atoms. The number of halogens is 2. The van der Waals surface area contributed by atoms with Crippen molar-refractivity contribution in [2.45, 2.75) is 13.5 Å². The van der Waals surface area contributed by atoms with Gasteiger partial charge in [-0.15, -0.1) is 5.10 Å². The zero-order valence-electron chi connectivity index (χ0n) is 14.1. The largest absolute Gasteiger partial charge is 0.478 e. The van der Waals surface area contributed by atoms with Gasteiger partial charge in [0.1, 0.15) is 0 Å². The smallest absolute Gasteiger partial charge is 0.335 e. The van der Waals surface area contributed by atoms with Crippen LogP contribution >= 0.6 is 23.2 Å². The van der Waals surface area contributed by atoms with E-state index in [0.717, 1.165) is 5.56 Å². The number of nitrogens with zero attached hydrogens (tertiary/aromatic N) is 3. The first kappa shape index (κ1) is 18.9. The van der Waals surface area contributed by atoms with Crippen LogP contribution in [0.4, 0.5) is 5.82 Å². The number of carboxylic acid groups (broad SMARTS) is 1. The number of aromatic carboxylic acids is 1. The minimum atomic E-state index is -1.05. The maximum absolute atomic E-state index is 12.3. The van der Waals surface area contributed by atoms with Crippen molar-refractivity contribution in [2.24, 2.45) is 0 Å². The molecule has 9 heteroatoms. The number of carbonyl (C=O) groups is 2. The lowest BCUT2D eigenvalue weighted by atomic mass is 10.1. The monoisotopic (exact) mass is 404 g/mol. The van der Waals surface area contributed by atoms with Crippen molar-refractivity contribution >= 4 is 40.9 Å². The lowest BCUT2D eigenvalue weighted by Crippen LogP contribution is -2.13. The van der Waals surface area contributed by atoms with E-state index in [2.05, 4.69) is 15.6 Å². The van der Waals surface area contributed by atoms with Crippen molar-refractivity contribution in [1.29, 1.82) is 0 Å². The maximum atomic E-state index is 12.3. The predicted molar refractivity (Wildman–Crippen MR) is 102 cm³/mol. The van der Waals surface area contributed by atoms with E-state index in [-0.39, 0.29) is 5.56 Å². The Morgan fingerprint density at radius 1 is 1.07 bits per heavy atom. The molecule has 0 unspecified atom stereocenters. The van der Waals surface area contributed by atoms with E-state index in [1.54, 1.807) is 23.7 Å². The molecule has 7 nitrogen and oxygen atoms in total. The van der Waals surface area contributed by atoms with E-state index in [4.69, 9.17) is 28.3 Å². The van der Waals surface area contributed by atoms with Crippen LogP contribution in [-0.2, 0) is 6.54 Å². The molecule has 0 aliphatic carbocycles. The third kappa shape index (κ3) is 4.27. The van der Waals surface area contributed by atoms with Gasteiger partial charge in [0.15, 0.2) is 5.82 Å². The molecule has 2 N–H and O–H groups in total. The summed E-state index contributed by atoms with van der Waals surface area (Å²) in [5.41, 5.74) is 1.98. The van der Waals surface area contributed by atoms with Gasteiger partial charge in [-0.2, -0.15) is 0 Å². The van der Waals surface area contributed by atoms with E-state index in [1.807, 2.05) is 6.07 Å². The molecule has 3 rings (SSSR count). The lowest BCUT2D eigenvalue weighted by Gasteiger charge is -2.06. The second kappa shape index (κ2) is 7.77. The van der Waals surface area contributed by atoms with Crippen LogP contribution in [0.5, 0.6) is 0 Å². The molecule has 0 spiro atoms. The third-order valence-electron chi connectivity index (χ3n) is 3.92. The summed E-state index contributed by atoms with van der Waals surface area (Å²) >= 11 is 11.9. The van der Waals surface area contributed by atoms with Gasteiger partial charge in [-0.25, -0.2) is 9.48 Å². The summed E-state index contributed by atoms with van der Waals surface area (Å²) in [6, 6.07) is 10.9. The third-order valence-corrected chi connectivity index (χ3v) is 4.66. The summed E-state index contributed by atoms with van der Waals surface area (Å²) in [7, 11) is 0.